The second-order valence-corrected chi connectivity index (χ2v) is 5.71. The predicted octanol–water partition coefficient (Wildman–Crippen LogP) is 4.28. The van der Waals surface area contributed by atoms with Crippen molar-refractivity contribution < 1.29 is 4.74 Å². The summed E-state index contributed by atoms with van der Waals surface area (Å²) < 4.78 is 5.83. The lowest BCUT2D eigenvalue weighted by Crippen LogP contribution is -1.95. The fourth-order valence-corrected chi connectivity index (χ4v) is 2.73. The molecule has 106 valence electrons. The van der Waals surface area contributed by atoms with Gasteiger partial charge in [0.15, 0.2) is 5.13 Å². The van der Waals surface area contributed by atoms with E-state index in [1.165, 1.54) is 11.3 Å². The van der Waals surface area contributed by atoms with Crippen LogP contribution in [0.4, 0.5) is 5.13 Å². The summed E-state index contributed by atoms with van der Waals surface area (Å²) in [5.74, 6) is 0.864. The van der Waals surface area contributed by atoms with Gasteiger partial charge in [0.2, 0.25) is 0 Å². The van der Waals surface area contributed by atoms with Crippen molar-refractivity contribution in [2.45, 2.75) is 13.5 Å². The summed E-state index contributed by atoms with van der Waals surface area (Å²) in [7, 11) is 0. The second-order valence-electron chi connectivity index (χ2n) is 4.82. The molecule has 2 aromatic carbocycles. The monoisotopic (exact) mass is 296 g/mol. The smallest absolute Gasteiger partial charge is 0.180 e. The van der Waals surface area contributed by atoms with E-state index in [-0.39, 0.29) is 0 Å². The van der Waals surface area contributed by atoms with Crippen molar-refractivity contribution >= 4 is 16.5 Å². The number of anilines is 1. The molecule has 0 fully saturated rings. The molecular formula is C17H16N2OS. The summed E-state index contributed by atoms with van der Waals surface area (Å²) >= 11 is 1.46. The molecule has 0 spiro atoms. The maximum Gasteiger partial charge on any atom is 0.180 e. The maximum atomic E-state index is 5.83. The first kappa shape index (κ1) is 13.6. The predicted molar refractivity (Wildman–Crippen MR) is 87.5 cm³/mol. The molecule has 1 heterocycles. The summed E-state index contributed by atoms with van der Waals surface area (Å²) in [6, 6.07) is 16.2. The van der Waals surface area contributed by atoms with E-state index in [9.17, 15) is 0 Å². The molecule has 0 aliphatic heterocycles. The van der Waals surface area contributed by atoms with Gasteiger partial charge in [0.1, 0.15) is 12.4 Å². The average Bonchev–Trinajstić information content (AvgIpc) is 2.92. The van der Waals surface area contributed by atoms with Crippen molar-refractivity contribution in [2.75, 3.05) is 5.73 Å². The lowest BCUT2D eigenvalue weighted by molar-refractivity contribution is 0.306. The lowest BCUT2D eigenvalue weighted by atomic mass is 10.1. The Labute approximate surface area is 128 Å². The Morgan fingerprint density at radius 1 is 1.14 bits per heavy atom. The minimum atomic E-state index is 0.573. The van der Waals surface area contributed by atoms with Gasteiger partial charge in [-0.15, -0.1) is 11.3 Å². The van der Waals surface area contributed by atoms with E-state index in [2.05, 4.69) is 24.0 Å². The minimum absolute atomic E-state index is 0.573. The van der Waals surface area contributed by atoms with Gasteiger partial charge in [0.25, 0.3) is 0 Å². The SMILES string of the molecule is Cc1cc(OCc2ccccc2)ccc1-c1csc(N)n1. The van der Waals surface area contributed by atoms with Gasteiger partial charge in [-0.3, -0.25) is 0 Å². The molecule has 0 saturated heterocycles. The van der Waals surface area contributed by atoms with Gasteiger partial charge in [-0.25, -0.2) is 4.98 Å². The first-order valence-corrected chi connectivity index (χ1v) is 7.59. The fraction of sp³-hybridized carbons (Fsp3) is 0.118. The molecule has 21 heavy (non-hydrogen) atoms. The molecule has 1 aromatic heterocycles. The van der Waals surface area contributed by atoms with E-state index in [1.807, 2.05) is 41.8 Å². The zero-order valence-corrected chi connectivity index (χ0v) is 12.6. The van der Waals surface area contributed by atoms with Crippen molar-refractivity contribution in [1.82, 2.24) is 4.98 Å². The minimum Gasteiger partial charge on any atom is -0.489 e. The first-order chi connectivity index (χ1) is 10.2. The van der Waals surface area contributed by atoms with Crippen LogP contribution in [0, 0.1) is 6.92 Å². The van der Waals surface area contributed by atoms with Crippen LogP contribution in [0.15, 0.2) is 53.9 Å². The first-order valence-electron chi connectivity index (χ1n) is 6.71. The van der Waals surface area contributed by atoms with Gasteiger partial charge in [-0.2, -0.15) is 0 Å². The normalized spacial score (nSPS) is 10.5. The van der Waals surface area contributed by atoms with E-state index in [1.54, 1.807) is 0 Å². The van der Waals surface area contributed by atoms with Crippen LogP contribution < -0.4 is 10.5 Å². The third-order valence-electron chi connectivity index (χ3n) is 3.24. The Morgan fingerprint density at radius 3 is 2.62 bits per heavy atom. The molecule has 0 amide bonds. The zero-order chi connectivity index (χ0) is 14.7. The molecule has 0 unspecified atom stereocenters. The quantitative estimate of drug-likeness (QED) is 0.781. The standard InChI is InChI=1S/C17H16N2OS/c1-12-9-14(20-10-13-5-3-2-4-6-13)7-8-15(12)16-11-21-17(18)19-16/h2-9,11H,10H2,1H3,(H2,18,19). The van der Waals surface area contributed by atoms with E-state index in [0.717, 1.165) is 28.1 Å². The number of nitrogens with two attached hydrogens (primary N) is 1. The number of nitrogen functional groups attached to an aromatic ring is 1. The van der Waals surface area contributed by atoms with Crippen molar-refractivity contribution in [3.8, 4) is 17.0 Å². The Bertz CT molecular complexity index is 738. The Morgan fingerprint density at radius 2 is 1.95 bits per heavy atom. The third kappa shape index (κ3) is 3.23. The highest BCUT2D eigenvalue weighted by Crippen LogP contribution is 2.28. The molecule has 0 radical (unpaired) electrons. The molecule has 3 rings (SSSR count). The zero-order valence-electron chi connectivity index (χ0n) is 11.7. The highest BCUT2D eigenvalue weighted by molar-refractivity contribution is 7.13. The molecule has 0 bridgehead atoms. The van der Waals surface area contributed by atoms with Gasteiger partial charge in [0, 0.05) is 10.9 Å². The van der Waals surface area contributed by atoms with Crippen molar-refractivity contribution in [2.24, 2.45) is 0 Å². The van der Waals surface area contributed by atoms with Crippen LogP contribution >= 0.6 is 11.3 Å². The molecule has 0 aliphatic carbocycles. The Balaban J connectivity index is 1.75. The topological polar surface area (TPSA) is 48.1 Å². The fourth-order valence-electron chi connectivity index (χ4n) is 2.17. The number of hydrogen-bond acceptors (Lipinski definition) is 4. The average molecular weight is 296 g/mol. The molecule has 4 heteroatoms. The number of nitrogens with zero attached hydrogens (tertiary/aromatic N) is 1. The number of thiazole rings is 1. The maximum absolute atomic E-state index is 5.83. The van der Waals surface area contributed by atoms with E-state index in [0.29, 0.717) is 11.7 Å². The van der Waals surface area contributed by atoms with Gasteiger partial charge in [-0.1, -0.05) is 30.3 Å². The summed E-state index contributed by atoms with van der Waals surface area (Å²) in [5.41, 5.74) is 9.99. The molecular weight excluding hydrogens is 280 g/mol. The van der Waals surface area contributed by atoms with Gasteiger partial charge >= 0.3 is 0 Å². The number of hydrogen-bond donors (Lipinski definition) is 1. The molecule has 3 aromatic rings. The molecule has 0 aliphatic rings. The third-order valence-corrected chi connectivity index (χ3v) is 3.92. The number of benzene rings is 2. The Kier molecular flexibility index (Phi) is 3.88. The van der Waals surface area contributed by atoms with Gasteiger partial charge in [-0.05, 0) is 36.2 Å². The summed E-state index contributed by atoms with van der Waals surface area (Å²) in [4.78, 5) is 4.32. The van der Waals surface area contributed by atoms with Crippen LogP contribution in [0.3, 0.4) is 0 Å². The second kappa shape index (κ2) is 5.97. The highest BCUT2D eigenvalue weighted by atomic mass is 32.1. The molecule has 2 N–H and O–H groups in total. The summed E-state index contributed by atoms with van der Waals surface area (Å²) in [5, 5.41) is 2.57. The Hall–Kier alpha value is -2.33. The van der Waals surface area contributed by atoms with Gasteiger partial charge < -0.3 is 10.5 Å². The largest absolute Gasteiger partial charge is 0.489 e. The van der Waals surface area contributed by atoms with Crippen LogP contribution in [0.2, 0.25) is 0 Å². The number of ether oxygens (including phenoxy) is 1. The van der Waals surface area contributed by atoms with Crippen LogP contribution in [-0.4, -0.2) is 4.98 Å². The van der Waals surface area contributed by atoms with Crippen molar-refractivity contribution in [3.63, 3.8) is 0 Å². The van der Waals surface area contributed by atoms with Crippen LogP contribution in [0.5, 0.6) is 5.75 Å². The van der Waals surface area contributed by atoms with Crippen LogP contribution in [0.25, 0.3) is 11.3 Å². The molecule has 0 atom stereocenters. The number of aryl methyl sites for hydroxylation is 1. The number of aromatic nitrogens is 1. The molecule has 3 nitrogen and oxygen atoms in total. The molecule has 0 saturated carbocycles. The van der Waals surface area contributed by atoms with Crippen molar-refractivity contribution in [1.29, 1.82) is 0 Å². The van der Waals surface area contributed by atoms with Crippen molar-refractivity contribution in [3.05, 3.63) is 65.0 Å². The van der Waals surface area contributed by atoms with E-state index in [4.69, 9.17) is 10.5 Å². The highest BCUT2D eigenvalue weighted by Gasteiger charge is 2.07. The van der Waals surface area contributed by atoms with Crippen LogP contribution in [0.1, 0.15) is 11.1 Å². The summed E-state index contributed by atoms with van der Waals surface area (Å²) in [6.45, 7) is 2.63. The van der Waals surface area contributed by atoms with Crippen LogP contribution in [-0.2, 0) is 6.61 Å². The van der Waals surface area contributed by atoms with E-state index < -0.39 is 0 Å². The van der Waals surface area contributed by atoms with E-state index >= 15 is 0 Å². The summed E-state index contributed by atoms with van der Waals surface area (Å²) in [6.07, 6.45) is 0. The van der Waals surface area contributed by atoms with Gasteiger partial charge in [0.05, 0.1) is 5.69 Å². The number of rotatable bonds is 4. The lowest BCUT2D eigenvalue weighted by Gasteiger charge is -2.09.